The molecule has 0 saturated carbocycles. The third-order valence-electron chi connectivity index (χ3n) is 8.87. The molecule has 1 fully saturated rings. The van der Waals surface area contributed by atoms with Crippen LogP contribution in [0.25, 0.3) is 6.08 Å². The zero-order valence-electron chi connectivity index (χ0n) is 23.5. The minimum atomic E-state index is -1.68. The van der Waals surface area contributed by atoms with Gasteiger partial charge in [0.15, 0.2) is 28.8 Å². The summed E-state index contributed by atoms with van der Waals surface area (Å²) in [5.74, 6) is -0.787. The summed E-state index contributed by atoms with van der Waals surface area (Å²) in [5.41, 5.74) is 1.01. The molecule has 3 aromatic carbocycles. The highest BCUT2D eigenvalue weighted by Crippen LogP contribution is 2.63. The van der Waals surface area contributed by atoms with E-state index in [1.165, 1.54) is 32.7 Å². The van der Waals surface area contributed by atoms with Crippen LogP contribution in [0.1, 0.15) is 47.4 Å². The molecule has 1 aliphatic carbocycles. The van der Waals surface area contributed by atoms with Gasteiger partial charge >= 0.3 is 0 Å². The quantitative estimate of drug-likeness (QED) is 0.176. The Morgan fingerprint density at radius 1 is 0.884 bits per heavy atom. The lowest BCUT2D eigenvalue weighted by Crippen LogP contribution is -2.48. The lowest BCUT2D eigenvalue weighted by atomic mass is 9.64. The van der Waals surface area contributed by atoms with Gasteiger partial charge < -0.3 is 19.1 Å². The van der Waals surface area contributed by atoms with Gasteiger partial charge in [-0.15, -0.1) is 11.3 Å². The molecule has 0 bridgehead atoms. The topological polar surface area (TPSA) is 82.1 Å². The number of hydrogen-bond donors (Lipinski definition) is 0. The number of thiophene rings is 1. The smallest absolute Gasteiger partial charge is 0.203 e. The van der Waals surface area contributed by atoms with Gasteiger partial charge in [-0.2, -0.15) is 0 Å². The van der Waals surface area contributed by atoms with Gasteiger partial charge in [-0.05, 0) is 41.3 Å². The SMILES string of the molecule is COc1ccc([C@@H]2[C@@H](C(=O)c3cccs3)N3c4ccc(Cl)cc4C=C[C@H]3C23C(=O)c2ccccc2C3=O)c(OC)c1OC. The molecule has 0 unspecified atom stereocenters. The third kappa shape index (κ3) is 3.63. The normalized spacial score (nSPS) is 21.0. The minimum absolute atomic E-state index is 0.202. The van der Waals surface area contributed by atoms with E-state index >= 15 is 0 Å². The van der Waals surface area contributed by atoms with Crippen LogP contribution in [0.15, 0.2) is 78.2 Å². The first-order valence-electron chi connectivity index (χ1n) is 13.7. The molecule has 43 heavy (non-hydrogen) atoms. The van der Waals surface area contributed by atoms with E-state index in [1.54, 1.807) is 48.5 Å². The molecule has 216 valence electrons. The molecule has 9 heteroatoms. The summed E-state index contributed by atoms with van der Waals surface area (Å²) in [5, 5.41) is 2.38. The molecule has 1 aromatic heterocycles. The van der Waals surface area contributed by atoms with Crippen molar-refractivity contribution in [3.8, 4) is 17.2 Å². The van der Waals surface area contributed by atoms with Crippen molar-refractivity contribution in [1.29, 1.82) is 0 Å². The van der Waals surface area contributed by atoms with Crippen LogP contribution in [0.2, 0.25) is 5.02 Å². The Morgan fingerprint density at radius 3 is 2.23 bits per heavy atom. The van der Waals surface area contributed by atoms with Crippen molar-refractivity contribution in [2.75, 3.05) is 26.2 Å². The number of halogens is 1. The Bertz CT molecular complexity index is 1810. The average molecular weight is 612 g/mol. The first kappa shape index (κ1) is 27.4. The molecule has 2 aliphatic heterocycles. The predicted molar refractivity (Wildman–Crippen MR) is 166 cm³/mol. The molecule has 7 rings (SSSR count). The van der Waals surface area contributed by atoms with E-state index in [2.05, 4.69) is 0 Å². The van der Waals surface area contributed by atoms with Crippen molar-refractivity contribution in [2.24, 2.45) is 5.41 Å². The van der Waals surface area contributed by atoms with E-state index in [0.717, 1.165) is 5.56 Å². The summed E-state index contributed by atoms with van der Waals surface area (Å²) < 4.78 is 17.2. The molecule has 1 saturated heterocycles. The molecule has 1 spiro atoms. The molecule has 3 aliphatic rings. The standard InChI is InChI=1S/C34H26ClNO6S/c1-40-24-14-12-22(30(41-2)31(24)42-3)27-28(29(37)25-9-6-16-43-25)36-23-13-11-19(35)17-18(23)10-15-26(36)34(27)32(38)20-7-4-5-8-21(20)33(34)39/h4-17,26-28H,1-3H3/t26-,27+,28-/m0/s1. The summed E-state index contributed by atoms with van der Waals surface area (Å²) in [6.45, 7) is 0. The van der Waals surface area contributed by atoms with Gasteiger partial charge in [0.2, 0.25) is 5.75 Å². The van der Waals surface area contributed by atoms with Gasteiger partial charge in [-0.1, -0.05) is 60.2 Å². The fourth-order valence-corrected chi connectivity index (χ4v) is 8.10. The van der Waals surface area contributed by atoms with Gasteiger partial charge in [-0.3, -0.25) is 14.4 Å². The van der Waals surface area contributed by atoms with Crippen molar-refractivity contribution >= 4 is 52.1 Å². The van der Waals surface area contributed by atoms with Crippen molar-refractivity contribution < 1.29 is 28.6 Å². The lowest BCUT2D eigenvalue weighted by molar-refractivity contribution is 0.0664. The van der Waals surface area contributed by atoms with E-state index in [1.807, 2.05) is 40.6 Å². The second-order valence-corrected chi connectivity index (χ2v) is 12.1. The second-order valence-electron chi connectivity index (χ2n) is 10.7. The van der Waals surface area contributed by atoms with Gasteiger partial charge in [0.05, 0.1) is 32.2 Å². The van der Waals surface area contributed by atoms with Crippen molar-refractivity contribution in [1.82, 2.24) is 0 Å². The van der Waals surface area contributed by atoms with Gasteiger partial charge in [0.25, 0.3) is 0 Å². The number of nitrogens with zero attached hydrogens (tertiary/aromatic N) is 1. The monoisotopic (exact) mass is 611 g/mol. The van der Waals surface area contributed by atoms with Crippen LogP contribution in [0, 0.1) is 5.41 Å². The summed E-state index contributed by atoms with van der Waals surface area (Å²) in [4.78, 5) is 46.9. The molecule has 3 atom stereocenters. The largest absolute Gasteiger partial charge is 0.493 e. The highest BCUT2D eigenvalue weighted by atomic mass is 35.5. The van der Waals surface area contributed by atoms with E-state index in [0.29, 0.717) is 49.5 Å². The molecule has 7 nitrogen and oxygen atoms in total. The van der Waals surface area contributed by atoms with Crippen molar-refractivity contribution in [2.45, 2.75) is 18.0 Å². The van der Waals surface area contributed by atoms with Crippen LogP contribution in [-0.4, -0.2) is 50.8 Å². The highest BCUT2D eigenvalue weighted by molar-refractivity contribution is 7.12. The number of benzene rings is 3. The number of Topliss-reactive ketones (excluding diaryl/α,β-unsaturated/α-hetero) is 3. The number of ketones is 3. The second kappa shape index (κ2) is 10.1. The Hall–Kier alpha value is -4.40. The van der Waals surface area contributed by atoms with E-state index in [-0.39, 0.29) is 17.3 Å². The average Bonchev–Trinajstić information content (AvgIpc) is 3.73. The summed E-state index contributed by atoms with van der Waals surface area (Å²) in [6.07, 6.45) is 3.75. The number of carbonyl (C=O) groups is 3. The molecule has 4 aromatic rings. The molecule has 3 heterocycles. The van der Waals surface area contributed by atoms with Crippen LogP contribution in [0.5, 0.6) is 17.2 Å². The van der Waals surface area contributed by atoms with E-state index in [4.69, 9.17) is 25.8 Å². The van der Waals surface area contributed by atoms with E-state index in [9.17, 15) is 14.4 Å². The fraction of sp³-hybridized carbons (Fsp3) is 0.206. The Balaban J connectivity index is 1.59. The van der Waals surface area contributed by atoms with Crippen LogP contribution < -0.4 is 19.1 Å². The minimum Gasteiger partial charge on any atom is -0.493 e. The number of hydrogen-bond acceptors (Lipinski definition) is 8. The van der Waals surface area contributed by atoms with Crippen LogP contribution >= 0.6 is 22.9 Å². The number of ether oxygens (including phenoxy) is 3. The Labute approximate surface area is 257 Å². The Morgan fingerprint density at radius 2 is 1.60 bits per heavy atom. The molecule has 0 N–H and O–H groups in total. The van der Waals surface area contributed by atoms with Crippen LogP contribution in [-0.2, 0) is 0 Å². The number of methoxy groups -OCH3 is 3. The van der Waals surface area contributed by atoms with Crippen molar-refractivity contribution in [3.05, 3.63) is 110 Å². The Kier molecular flexibility index (Phi) is 6.45. The maximum Gasteiger partial charge on any atom is 0.203 e. The maximum atomic E-state index is 14.9. The maximum absolute atomic E-state index is 14.9. The van der Waals surface area contributed by atoms with Gasteiger partial charge in [0, 0.05) is 33.3 Å². The molecular formula is C34H26ClNO6S. The first-order chi connectivity index (χ1) is 20.9. The number of anilines is 1. The number of rotatable bonds is 6. The van der Waals surface area contributed by atoms with Crippen LogP contribution in [0.3, 0.4) is 0 Å². The summed E-state index contributed by atoms with van der Waals surface area (Å²) in [6, 6.07) is 17.7. The van der Waals surface area contributed by atoms with E-state index < -0.39 is 23.4 Å². The zero-order valence-corrected chi connectivity index (χ0v) is 25.1. The first-order valence-corrected chi connectivity index (χ1v) is 15.0. The third-order valence-corrected chi connectivity index (χ3v) is 9.99. The summed E-state index contributed by atoms with van der Waals surface area (Å²) in [7, 11) is 4.51. The van der Waals surface area contributed by atoms with Gasteiger partial charge in [-0.25, -0.2) is 0 Å². The highest BCUT2D eigenvalue weighted by Gasteiger charge is 2.72. The molecular weight excluding hydrogens is 586 g/mol. The lowest BCUT2D eigenvalue weighted by Gasteiger charge is -2.37. The summed E-state index contributed by atoms with van der Waals surface area (Å²) >= 11 is 7.71. The van der Waals surface area contributed by atoms with Crippen molar-refractivity contribution in [3.63, 3.8) is 0 Å². The van der Waals surface area contributed by atoms with Crippen LogP contribution in [0.4, 0.5) is 5.69 Å². The molecule has 0 radical (unpaired) electrons. The molecule has 0 amide bonds. The fourth-order valence-electron chi connectivity index (χ4n) is 7.22. The van der Waals surface area contributed by atoms with Gasteiger partial charge in [0.1, 0.15) is 11.5 Å². The zero-order chi connectivity index (χ0) is 30.0. The predicted octanol–water partition coefficient (Wildman–Crippen LogP) is 6.74. The number of fused-ring (bicyclic) bond motifs is 5. The number of carbonyl (C=O) groups excluding carboxylic acids is 3.